The summed E-state index contributed by atoms with van der Waals surface area (Å²) in [5.74, 6) is 0.0326. The van der Waals surface area contributed by atoms with Crippen molar-refractivity contribution in [2.24, 2.45) is 0 Å². The van der Waals surface area contributed by atoms with Crippen molar-refractivity contribution in [3.05, 3.63) is 50.6 Å². The van der Waals surface area contributed by atoms with E-state index < -0.39 is 0 Å². The molecule has 0 aliphatic carbocycles. The van der Waals surface area contributed by atoms with E-state index in [1.54, 1.807) is 11.3 Å². The average molecular weight is 324 g/mol. The quantitative estimate of drug-likeness (QED) is 0.895. The summed E-state index contributed by atoms with van der Waals surface area (Å²) in [5, 5.41) is 2.97. The van der Waals surface area contributed by atoms with Crippen molar-refractivity contribution < 1.29 is 4.79 Å². The Morgan fingerprint density at radius 2 is 2.06 bits per heavy atom. The number of anilines is 1. The molecule has 0 atom stereocenters. The molecule has 94 valence electrons. The van der Waals surface area contributed by atoms with E-state index in [1.165, 1.54) is 5.56 Å². The van der Waals surface area contributed by atoms with Gasteiger partial charge in [0.2, 0.25) is 5.91 Å². The van der Waals surface area contributed by atoms with Gasteiger partial charge in [-0.15, -0.1) is 11.3 Å². The third-order valence-electron chi connectivity index (χ3n) is 2.64. The number of hydrogen-bond acceptors (Lipinski definition) is 2. The molecule has 1 aromatic carbocycles. The second-order valence-electron chi connectivity index (χ2n) is 3.94. The van der Waals surface area contributed by atoms with E-state index in [9.17, 15) is 4.79 Å². The number of para-hydroxylation sites is 1. The largest absolute Gasteiger partial charge is 0.326 e. The summed E-state index contributed by atoms with van der Waals surface area (Å²) >= 11 is 4.99. The number of hydrogen-bond donors (Lipinski definition) is 1. The number of carbonyl (C=O) groups excluding carboxylic acids is 1. The van der Waals surface area contributed by atoms with Crippen LogP contribution >= 0.6 is 27.3 Å². The molecule has 0 aliphatic rings. The summed E-state index contributed by atoms with van der Waals surface area (Å²) in [5.41, 5.74) is 2.08. The van der Waals surface area contributed by atoms with Gasteiger partial charge in [0.05, 0.1) is 10.2 Å². The van der Waals surface area contributed by atoms with Crippen molar-refractivity contribution in [3.63, 3.8) is 0 Å². The molecule has 0 saturated heterocycles. The predicted molar refractivity (Wildman–Crippen MR) is 80.2 cm³/mol. The molecule has 1 heterocycles. The molecule has 0 radical (unpaired) electrons. The molecular weight excluding hydrogens is 310 g/mol. The average Bonchev–Trinajstić information content (AvgIpc) is 2.75. The molecule has 18 heavy (non-hydrogen) atoms. The fraction of sp³-hybridized carbons (Fsp3) is 0.214. The summed E-state index contributed by atoms with van der Waals surface area (Å²) in [4.78, 5) is 13.0. The lowest BCUT2D eigenvalue weighted by Gasteiger charge is -2.08. The van der Waals surface area contributed by atoms with Crippen LogP contribution in [0.3, 0.4) is 0 Å². The Balaban J connectivity index is 2.03. The van der Waals surface area contributed by atoms with Crippen molar-refractivity contribution in [1.82, 2.24) is 0 Å². The lowest BCUT2D eigenvalue weighted by molar-refractivity contribution is -0.115. The van der Waals surface area contributed by atoms with Crippen LogP contribution in [-0.2, 0) is 17.6 Å². The third-order valence-corrected chi connectivity index (χ3v) is 4.26. The van der Waals surface area contributed by atoms with E-state index in [0.29, 0.717) is 6.42 Å². The molecule has 0 fully saturated rings. The van der Waals surface area contributed by atoms with Crippen LogP contribution in [0.25, 0.3) is 0 Å². The van der Waals surface area contributed by atoms with E-state index >= 15 is 0 Å². The highest BCUT2D eigenvalue weighted by molar-refractivity contribution is 9.11. The zero-order valence-electron chi connectivity index (χ0n) is 10.1. The van der Waals surface area contributed by atoms with E-state index in [2.05, 4.69) is 28.2 Å². The van der Waals surface area contributed by atoms with Crippen molar-refractivity contribution in [2.75, 3.05) is 5.32 Å². The summed E-state index contributed by atoms with van der Waals surface area (Å²) in [6.07, 6.45) is 1.34. The minimum Gasteiger partial charge on any atom is -0.326 e. The van der Waals surface area contributed by atoms with Gasteiger partial charge in [-0.3, -0.25) is 4.79 Å². The SMILES string of the molecule is CCc1ccccc1NC(=O)Cc1ccc(Br)s1. The third kappa shape index (κ3) is 3.43. The lowest BCUT2D eigenvalue weighted by Crippen LogP contribution is -2.14. The highest BCUT2D eigenvalue weighted by Gasteiger charge is 2.08. The van der Waals surface area contributed by atoms with E-state index in [1.807, 2.05) is 36.4 Å². The standard InChI is InChI=1S/C14H14BrNOS/c1-2-10-5-3-4-6-12(10)16-14(17)9-11-7-8-13(15)18-11/h3-8H,2,9H2,1H3,(H,16,17). The van der Waals surface area contributed by atoms with Gasteiger partial charge in [0.25, 0.3) is 0 Å². The topological polar surface area (TPSA) is 29.1 Å². The van der Waals surface area contributed by atoms with Crippen LogP contribution in [0.1, 0.15) is 17.4 Å². The lowest BCUT2D eigenvalue weighted by atomic mass is 10.1. The summed E-state index contributed by atoms with van der Waals surface area (Å²) in [7, 11) is 0. The molecule has 1 aromatic heterocycles. The van der Waals surface area contributed by atoms with Gasteiger partial charge in [-0.05, 0) is 46.1 Å². The molecule has 2 aromatic rings. The molecule has 0 saturated carbocycles. The zero-order valence-corrected chi connectivity index (χ0v) is 12.5. The van der Waals surface area contributed by atoms with Crippen LogP contribution in [0.2, 0.25) is 0 Å². The Morgan fingerprint density at radius 3 is 2.72 bits per heavy atom. The number of benzene rings is 1. The van der Waals surface area contributed by atoms with E-state index in [0.717, 1.165) is 20.8 Å². The maximum atomic E-state index is 11.9. The molecule has 0 spiro atoms. The second kappa shape index (κ2) is 6.16. The maximum absolute atomic E-state index is 11.9. The Kier molecular flexibility index (Phi) is 4.55. The molecule has 4 heteroatoms. The van der Waals surface area contributed by atoms with E-state index in [-0.39, 0.29) is 5.91 Å². The molecule has 0 aliphatic heterocycles. The first-order valence-corrected chi connectivity index (χ1v) is 7.42. The van der Waals surface area contributed by atoms with Gasteiger partial charge in [-0.25, -0.2) is 0 Å². The van der Waals surface area contributed by atoms with Gasteiger partial charge in [0.15, 0.2) is 0 Å². The molecule has 1 N–H and O–H groups in total. The predicted octanol–water partition coefficient (Wildman–Crippen LogP) is 4.25. The Hall–Kier alpha value is -1.13. The number of nitrogens with one attached hydrogen (secondary N) is 1. The second-order valence-corrected chi connectivity index (χ2v) is 6.49. The highest BCUT2D eigenvalue weighted by Crippen LogP contribution is 2.23. The summed E-state index contributed by atoms with van der Waals surface area (Å²) in [6, 6.07) is 11.9. The monoisotopic (exact) mass is 323 g/mol. The van der Waals surface area contributed by atoms with Gasteiger partial charge >= 0.3 is 0 Å². The number of thiophene rings is 1. The smallest absolute Gasteiger partial charge is 0.229 e. The minimum absolute atomic E-state index is 0.0326. The first-order valence-electron chi connectivity index (χ1n) is 5.81. The fourth-order valence-corrected chi connectivity index (χ4v) is 3.23. The van der Waals surface area contributed by atoms with E-state index in [4.69, 9.17) is 0 Å². The van der Waals surface area contributed by atoms with Gasteiger partial charge < -0.3 is 5.32 Å². The Bertz CT molecular complexity index is 550. The normalized spacial score (nSPS) is 10.3. The number of carbonyl (C=O) groups is 1. The first kappa shape index (κ1) is 13.3. The molecule has 0 bridgehead atoms. The van der Waals surface area contributed by atoms with Crippen LogP contribution in [0, 0.1) is 0 Å². The fourth-order valence-electron chi connectivity index (χ4n) is 1.75. The number of rotatable bonds is 4. The molecule has 0 unspecified atom stereocenters. The van der Waals surface area contributed by atoms with Gasteiger partial charge in [0.1, 0.15) is 0 Å². The van der Waals surface area contributed by atoms with Gasteiger partial charge in [0, 0.05) is 10.6 Å². The van der Waals surface area contributed by atoms with Crippen molar-refractivity contribution >= 4 is 38.9 Å². The van der Waals surface area contributed by atoms with Crippen molar-refractivity contribution in [3.8, 4) is 0 Å². The van der Waals surface area contributed by atoms with Crippen molar-refractivity contribution in [2.45, 2.75) is 19.8 Å². The molecular formula is C14H14BrNOS. The number of amides is 1. The molecule has 1 amide bonds. The maximum Gasteiger partial charge on any atom is 0.229 e. The molecule has 2 rings (SSSR count). The number of halogens is 1. The van der Waals surface area contributed by atoms with Crippen molar-refractivity contribution in [1.29, 1.82) is 0 Å². The van der Waals surface area contributed by atoms with Crippen LogP contribution in [-0.4, -0.2) is 5.91 Å². The van der Waals surface area contributed by atoms with Crippen LogP contribution in [0.4, 0.5) is 5.69 Å². The first-order chi connectivity index (χ1) is 8.69. The minimum atomic E-state index is 0.0326. The summed E-state index contributed by atoms with van der Waals surface area (Å²) < 4.78 is 1.05. The van der Waals surface area contributed by atoms with Crippen LogP contribution in [0.5, 0.6) is 0 Å². The highest BCUT2D eigenvalue weighted by atomic mass is 79.9. The zero-order chi connectivity index (χ0) is 13.0. The van der Waals surface area contributed by atoms with Gasteiger partial charge in [-0.1, -0.05) is 25.1 Å². The molecule has 2 nitrogen and oxygen atoms in total. The number of aryl methyl sites for hydroxylation is 1. The Morgan fingerprint density at radius 1 is 1.28 bits per heavy atom. The van der Waals surface area contributed by atoms with Crippen LogP contribution in [0.15, 0.2) is 40.2 Å². The Labute approximate surface area is 119 Å². The summed E-state index contributed by atoms with van der Waals surface area (Å²) in [6.45, 7) is 2.08. The van der Waals surface area contributed by atoms with Gasteiger partial charge in [-0.2, -0.15) is 0 Å². The van der Waals surface area contributed by atoms with Crippen LogP contribution < -0.4 is 5.32 Å².